The second-order valence-corrected chi connectivity index (χ2v) is 4.93. The van der Waals surface area contributed by atoms with Crippen LogP contribution in [0.3, 0.4) is 0 Å². The maximum Gasteiger partial charge on any atom is 0.229 e. The number of hydrogen-bond donors (Lipinski definition) is 1. The van der Waals surface area contributed by atoms with Gasteiger partial charge in [-0.2, -0.15) is 0 Å². The fourth-order valence-electron chi connectivity index (χ4n) is 1.04. The van der Waals surface area contributed by atoms with Crippen molar-refractivity contribution >= 4 is 33.3 Å². The molecule has 0 saturated heterocycles. The lowest BCUT2D eigenvalue weighted by molar-refractivity contribution is 0.607. The van der Waals surface area contributed by atoms with Crippen molar-refractivity contribution in [2.45, 2.75) is 6.42 Å². The molecule has 0 bridgehead atoms. The van der Waals surface area contributed by atoms with Gasteiger partial charge in [0.25, 0.3) is 0 Å². The van der Waals surface area contributed by atoms with Gasteiger partial charge >= 0.3 is 0 Å². The van der Waals surface area contributed by atoms with Gasteiger partial charge in [0.1, 0.15) is 0 Å². The van der Waals surface area contributed by atoms with E-state index in [2.05, 4.69) is 22.3 Å². The molecule has 1 N–H and O–H groups in total. The molecule has 0 fully saturated rings. The first kappa shape index (κ1) is 11.1. The molecule has 1 aromatic rings. The highest BCUT2D eigenvalue weighted by Gasteiger charge is 2.01. The number of thiocarbonyl (C=S) groups is 1. The van der Waals surface area contributed by atoms with E-state index in [0.29, 0.717) is 12.1 Å². The van der Waals surface area contributed by atoms with Crippen molar-refractivity contribution in [3.05, 3.63) is 29.8 Å². The van der Waals surface area contributed by atoms with Crippen molar-refractivity contribution in [1.29, 1.82) is 0 Å². The maximum absolute atomic E-state index is 10.9. The van der Waals surface area contributed by atoms with Crippen molar-refractivity contribution in [3.63, 3.8) is 0 Å². The number of rotatable bonds is 4. The largest absolute Gasteiger partial charge is 0.284 e. The van der Waals surface area contributed by atoms with Gasteiger partial charge in [-0.15, -0.1) is 0 Å². The normalized spacial score (nSPS) is 10.9. The van der Waals surface area contributed by atoms with Crippen LogP contribution in [0.15, 0.2) is 24.3 Å². The molecule has 0 aliphatic heterocycles. The van der Waals surface area contributed by atoms with Gasteiger partial charge in [0, 0.05) is 17.5 Å². The molecule has 0 saturated carbocycles. The van der Waals surface area contributed by atoms with Gasteiger partial charge in [0.05, 0.1) is 6.26 Å². The first-order valence-electron chi connectivity index (χ1n) is 3.93. The Labute approximate surface area is 89.2 Å². The molecule has 3 nitrogen and oxygen atoms in total. The molecule has 0 spiro atoms. The highest BCUT2D eigenvalue weighted by molar-refractivity contribution is 7.92. The topological polar surface area (TPSA) is 46.2 Å². The molecular weight excluding hydrogens is 218 g/mol. The standard InChI is InChI=1S/C9H10NO2S2/c1-14(11,12)10-9-4-2-3-8(7-9)5-6-13/h2-4,7,10H,5H2,1H3. The summed E-state index contributed by atoms with van der Waals surface area (Å²) in [6, 6.07) is 7.07. The van der Waals surface area contributed by atoms with Crippen LogP contribution in [0.1, 0.15) is 5.56 Å². The fraction of sp³-hybridized carbons (Fsp3) is 0.222. The van der Waals surface area contributed by atoms with E-state index in [1.807, 2.05) is 6.07 Å². The van der Waals surface area contributed by atoms with Crippen molar-refractivity contribution in [3.8, 4) is 0 Å². The quantitative estimate of drug-likeness (QED) is 0.794. The molecule has 14 heavy (non-hydrogen) atoms. The zero-order valence-electron chi connectivity index (χ0n) is 7.65. The van der Waals surface area contributed by atoms with Crippen LogP contribution in [0.5, 0.6) is 0 Å². The molecule has 0 amide bonds. The van der Waals surface area contributed by atoms with E-state index in [0.717, 1.165) is 11.8 Å². The van der Waals surface area contributed by atoms with Crippen LogP contribution in [0, 0.1) is 0 Å². The SMILES string of the molecule is CS(=O)(=O)Nc1cccc(C[C]=S)c1. The first-order valence-corrected chi connectivity index (χ1v) is 6.23. The Hall–Kier alpha value is -0.940. The monoisotopic (exact) mass is 228 g/mol. The van der Waals surface area contributed by atoms with Crippen LogP contribution < -0.4 is 4.72 Å². The molecule has 1 radical (unpaired) electrons. The molecule has 5 heteroatoms. The van der Waals surface area contributed by atoms with Crippen molar-refractivity contribution in [1.82, 2.24) is 0 Å². The highest BCUT2D eigenvalue weighted by atomic mass is 32.2. The average Bonchev–Trinajstić information content (AvgIpc) is 2.02. The predicted octanol–water partition coefficient (Wildman–Crippen LogP) is 1.48. The Bertz CT molecular complexity index is 426. The summed E-state index contributed by atoms with van der Waals surface area (Å²) in [6.07, 6.45) is 1.65. The van der Waals surface area contributed by atoms with Gasteiger partial charge in [0.15, 0.2) is 0 Å². The second kappa shape index (κ2) is 4.52. The van der Waals surface area contributed by atoms with Crippen LogP contribution in [-0.4, -0.2) is 20.0 Å². The van der Waals surface area contributed by atoms with Gasteiger partial charge < -0.3 is 0 Å². The lowest BCUT2D eigenvalue weighted by Crippen LogP contribution is -2.09. The zero-order chi connectivity index (χ0) is 10.6. The summed E-state index contributed by atoms with van der Waals surface area (Å²) in [5.74, 6) is 0. The van der Waals surface area contributed by atoms with Crippen LogP contribution in [0.4, 0.5) is 5.69 Å². The van der Waals surface area contributed by atoms with Crippen LogP contribution in [0.2, 0.25) is 0 Å². The van der Waals surface area contributed by atoms with Crippen LogP contribution >= 0.6 is 12.2 Å². The van der Waals surface area contributed by atoms with E-state index in [1.54, 1.807) is 18.2 Å². The van der Waals surface area contributed by atoms with E-state index in [9.17, 15) is 8.42 Å². The van der Waals surface area contributed by atoms with E-state index >= 15 is 0 Å². The van der Waals surface area contributed by atoms with Gasteiger partial charge in [0.2, 0.25) is 10.0 Å². The molecule has 1 aromatic carbocycles. The summed E-state index contributed by atoms with van der Waals surface area (Å²) in [4.78, 5) is 0. The van der Waals surface area contributed by atoms with Gasteiger partial charge in [-0.25, -0.2) is 8.42 Å². The minimum atomic E-state index is -3.21. The number of hydrogen-bond acceptors (Lipinski definition) is 3. The Morgan fingerprint density at radius 3 is 2.79 bits per heavy atom. The smallest absolute Gasteiger partial charge is 0.229 e. The zero-order valence-corrected chi connectivity index (χ0v) is 9.28. The minimum Gasteiger partial charge on any atom is -0.284 e. The number of benzene rings is 1. The van der Waals surface area contributed by atoms with Crippen LogP contribution in [0.25, 0.3) is 0 Å². The molecule has 1 rings (SSSR count). The predicted molar refractivity (Wildman–Crippen MR) is 61.2 cm³/mol. The van der Waals surface area contributed by atoms with Gasteiger partial charge in [-0.1, -0.05) is 24.4 Å². The molecule has 0 aliphatic rings. The lowest BCUT2D eigenvalue weighted by Gasteiger charge is -2.04. The van der Waals surface area contributed by atoms with E-state index in [1.165, 1.54) is 0 Å². The number of anilines is 1. The summed E-state index contributed by atoms with van der Waals surface area (Å²) in [5.41, 5.74) is 1.49. The fourth-order valence-corrected chi connectivity index (χ4v) is 1.76. The Morgan fingerprint density at radius 1 is 1.50 bits per heavy atom. The molecule has 0 aliphatic carbocycles. The molecular formula is C9H10NO2S2. The first-order chi connectivity index (χ1) is 6.51. The molecule has 0 aromatic heterocycles. The summed E-state index contributed by atoms with van der Waals surface area (Å²) in [7, 11) is -3.21. The lowest BCUT2D eigenvalue weighted by atomic mass is 10.1. The number of nitrogens with one attached hydrogen (secondary N) is 1. The summed E-state index contributed by atoms with van der Waals surface area (Å²) in [5, 5.41) is 2.58. The Balaban J connectivity index is 2.88. The third-order valence-corrected chi connectivity index (χ3v) is 2.26. The van der Waals surface area contributed by atoms with Gasteiger partial charge in [-0.3, -0.25) is 4.72 Å². The highest BCUT2D eigenvalue weighted by Crippen LogP contribution is 2.11. The maximum atomic E-state index is 10.9. The number of sulfonamides is 1. The third-order valence-electron chi connectivity index (χ3n) is 1.51. The summed E-state index contributed by atoms with van der Waals surface area (Å²) >= 11 is 4.60. The minimum absolute atomic E-state index is 0.536. The third kappa shape index (κ3) is 3.85. The van der Waals surface area contributed by atoms with E-state index in [-0.39, 0.29) is 0 Å². The summed E-state index contributed by atoms with van der Waals surface area (Å²) in [6.45, 7) is 0. The average molecular weight is 228 g/mol. The molecule has 0 heterocycles. The summed E-state index contributed by atoms with van der Waals surface area (Å²) < 4.78 is 24.2. The molecule has 0 unspecified atom stereocenters. The second-order valence-electron chi connectivity index (χ2n) is 2.90. The van der Waals surface area contributed by atoms with E-state index < -0.39 is 10.0 Å². The van der Waals surface area contributed by atoms with Crippen molar-refractivity contribution in [2.75, 3.05) is 11.0 Å². The van der Waals surface area contributed by atoms with Crippen molar-refractivity contribution < 1.29 is 8.42 Å². The molecule has 0 atom stereocenters. The molecule has 75 valence electrons. The van der Waals surface area contributed by atoms with Gasteiger partial charge in [-0.05, 0) is 17.7 Å². The van der Waals surface area contributed by atoms with Crippen LogP contribution in [-0.2, 0) is 16.4 Å². The van der Waals surface area contributed by atoms with E-state index in [4.69, 9.17) is 0 Å². The van der Waals surface area contributed by atoms with Crippen molar-refractivity contribution in [2.24, 2.45) is 0 Å². The Morgan fingerprint density at radius 2 is 2.21 bits per heavy atom. The Kier molecular flexibility index (Phi) is 3.60.